The topological polar surface area (TPSA) is 52.6 Å². The molecule has 116 valence electrons. The largest absolute Gasteiger partial charge is 0.466 e. The van der Waals surface area contributed by atoms with E-state index in [1.807, 2.05) is 0 Å². The van der Waals surface area contributed by atoms with Gasteiger partial charge in [0.25, 0.3) is 0 Å². The molecule has 1 rings (SSSR count). The molecule has 0 saturated heterocycles. The van der Waals surface area contributed by atoms with Gasteiger partial charge in [-0.05, 0) is 44.9 Å². The van der Waals surface area contributed by atoms with Gasteiger partial charge in [-0.25, -0.2) is 0 Å². The Morgan fingerprint density at radius 2 is 1.60 bits per heavy atom. The van der Waals surface area contributed by atoms with Gasteiger partial charge in [-0.2, -0.15) is 0 Å². The smallest absolute Gasteiger partial charge is 0.306 e. The number of esters is 2. The van der Waals surface area contributed by atoms with Crippen molar-refractivity contribution in [3.8, 4) is 0 Å². The molecule has 0 radical (unpaired) electrons. The van der Waals surface area contributed by atoms with Gasteiger partial charge >= 0.3 is 11.9 Å². The summed E-state index contributed by atoms with van der Waals surface area (Å²) in [5, 5.41) is 0. The lowest BCUT2D eigenvalue weighted by Crippen LogP contribution is -2.20. The standard InChI is InChI=1S/C16H28O4/c1-2-3-13-19-15(17)11-7-8-12-16(18)20-14-9-5-4-6-10-14/h14H,2-13H2,1H3. The Labute approximate surface area is 122 Å². The van der Waals surface area contributed by atoms with Crippen LogP contribution in [0.2, 0.25) is 0 Å². The monoisotopic (exact) mass is 284 g/mol. The fourth-order valence-corrected chi connectivity index (χ4v) is 2.37. The van der Waals surface area contributed by atoms with Gasteiger partial charge in [0.15, 0.2) is 0 Å². The van der Waals surface area contributed by atoms with Gasteiger partial charge in [0.2, 0.25) is 0 Å². The minimum absolute atomic E-state index is 0.115. The zero-order valence-electron chi connectivity index (χ0n) is 12.7. The molecular weight excluding hydrogens is 256 g/mol. The molecule has 0 aliphatic heterocycles. The summed E-state index contributed by atoms with van der Waals surface area (Å²) in [4.78, 5) is 23.0. The second-order valence-electron chi connectivity index (χ2n) is 5.53. The average molecular weight is 284 g/mol. The maximum absolute atomic E-state index is 11.6. The molecule has 0 unspecified atom stereocenters. The number of rotatable bonds is 9. The number of hydrogen-bond acceptors (Lipinski definition) is 4. The molecule has 1 fully saturated rings. The normalized spacial score (nSPS) is 15.8. The lowest BCUT2D eigenvalue weighted by Gasteiger charge is -2.21. The molecule has 0 N–H and O–H groups in total. The Morgan fingerprint density at radius 3 is 2.25 bits per heavy atom. The van der Waals surface area contributed by atoms with Crippen LogP contribution in [0.3, 0.4) is 0 Å². The van der Waals surface area contributed by atoms with E-state index in [9.17, 15) is 9.59 Å². The van der Waals surface area contributed by atoms with E-state index in [1.165, 1.54) is 19.3 Å². The van der Waals surface area contributed by atoms with Crippen LogP contribution in [0, 0.1) is 0 Å². The molecule has 0 heterocycles. The minimum atomic E-state index is -0.154. The third-order valence-corrected chi connectivity index (χ3v) is 3.62. The van der Waals surface area contributed by atoms with Gasteiger partial charge in [0.05, 0.1) is 6.61 Å². The lowest BCUT2D eigenvalue weighted by atomic mass is 9.98. The van der Waals surface area contributed by atoms with Crippen molar-refractivity contribution in [1.82, 2.24) is 0 Å². The first-order valence-corrected chi connectivity index (χ1v) is 8.07. The molecule has 0 amide bonds. The van der Waals surface area contributed by atoms with Crippen LogP contribution in [0.4, 0.5) is 0 Å². The molecule has 1 saturated carbocycles. The highest BCUT2D eigenvalue weighted by Gasteiger charge is 2.17. The molecule has 0 aromatic carbocycles. The zero-order chi connectivity index (χ0) is 14.6. The molecule has 0 bridgehead atoms. The first-order chi connectivity index (χ1) is 9.72. The Hall–Kier alpha value is -1.06. The molecule has 4 nitrogen and oxygen atoms in total. The summed E-state index contributed by atoms with van der Waals surface area (Å²) in [7, 11) is 0. The highest BCUT2D eigenvalue weighted by Crippen LogP contribution is 2.20. The van der Waals surface area contributed by atoms with Crippen LogP contribution in [0.15, 0.2) is 0 Å². The van der Waals surface area contributed by atoms with E-state index < -0.39 is 0 Å². The van der Waals surface area contributed by atoms with Crippen molar-refractivity contribution in [1.29, 1.82) is 0 Å². The first-order valence-electron chi connectivity index (χ1n) is 8.07. The Morgan fingerprint density at radius 1 is 0.950 bits per heavy atom. The SMILES string of the molecule is CCCCOC(=O)CCCCC(=O)OC1CCCCC1. The molecule has 0 atom stereocenters. The molecule has 20 heavy (non-hydrogen) atoms. The molecule has 4 heteroatoms. The van der Waals surface area contributed by atoms with E-state index in [1.54, 1.807) is 0 Å². The summed E-state index contributed by atoms with van der Waals surface area (Å²) in [5.41, 5.74) is 0. The van der Waals surface area contributed by atoms with E-state index in [2.05, 4.69) is 6.92 Å². The van der Waals surface area contributed by atoms with Gasteiger partial charge in [0.1, 0.15) is 6.10 Å². The van der Waals surface area contributed by atoms with Crippen LogP contribution in [-0.4, -0.2) is 24.6 Å². The molecule has 1 aliphatic carbocycles. The number of carbonyl (C=O) groups is 2. The van der Waals surface area contributed by atoms with Crippen molar-refractivity contribution in [2.75, 3.05) is 6.61 Å². The summed E-state index contributed by atoms with van der Waals surface area (Å²) >= 11 is 0. The number of unbranched alkanes of at least 4 members (excludes halogenated alkanes) is 2. The molecule has 0 aromatic rings. The summed E-state index contributed by atoms with van der Waals surface area (Å²) in [6.07, 6.45) is 9.91. The molecule has 1 aliphatic rings. The highest BCUT2D eigenvalue weighted by molar-refractivity contribution is 5.70. The zero-order valence-corrected chi connectivity index (χ0v) is 12.7. The van der Waals surface area contributed by atoms with E-state index in [-0.39, 0.29) is 18.0 Å². The van der Waals surface area contributed by atoms with Crippen LogP contribution >= 0.6 is 0 Å². The maximum atomic E-state index is 11.6. The maximum Gasteiger partial charge on any atom is 0.306 e. The summed E-state index contributed by atoms with van der Waals surface area (Å²) < 4.78 is 10.5. The van der Waals surface area contributed by atoms with Crippen LogP contribution < -0.4 is 0 Å². The highest BCUT2D eigenvalue weighted by atomic mass is 16.5. The second kappa shape index (κ2) is 10.7. The lowest BCUT2D eigenvalue weighted by molar-refractivity contribution is -0.151. The molecule has 0 spiro atoms. The number of ether oxygens (including phenoxy) is 2. The second-order valence-corrected chi connectivity index (χ2v) is 5.53. The van der Waals surface area contributed by atoms with Gasteiger partial charge < -0.3 is 9.47 Å². The summed E-state index contributed by atoms with van der Waals surface area (Å²) in [6.45, 7) is 2.57. The van der Waals surface area contributed by atoms with E-state index in [0.717, 1.165) is 25.7 Å². The van der Waals surface area contributed by atoms with Crippen molar-refractivity contribution in [3.05, 3.63) is 0 Å². The van der Waals surface area contributed by atoms with Crippen LogP contribution in [0.5, 0.6) is 0 Å². The van der Waals surface area contributed by atoms with Gasteiger partial charge in [-0.1, -0.05) is 19.8 Å². The van der Waals surface area contributed by atoms with Crippen molar-refractivity contribution < 1.29 is 19.1 Å². The van der Waals surface area contributed by atoms with Crippen molar-refractivity contribution in [2.45, 2.75) is 83.7 Å². The van der Waals surface area contributed by atoms with Crippen molar-refractivity contribution in [2.24, 2.45) is 0 Å². The summed E-state index contributed by atoms with van der Waals surface area (Å²) in [6, 6.07) is 0. The van der Waals surface area contributed by atoms with Gasteiger partial charge in [0, 0.05) is 12.8 Å². The van der Waals surface area contributed by atoms with E-state index in [4.69, 9.17) is 9.47 Å². The predicted molar refractivity (Wildman–Crippen MR) is 77.3 cm³/mol. The quantitative estimate of drug-likeness (QED) is 0.478. The molecule has 0 aromatic heterocycles. The average Bonchev–Trinajstić information content (AvgIpc) is 2.45. The van der Waals surface area contributed by atoms with Crippen LogP contribution in [0.1, 0.15) is 77.6 Å². The third kappa shape index (κ3) is 8.18. The number of carbonyl (C=O) groups excluding carboxylic acids is 2. The fraction of sp³-hybridized carbons (Fsp3) is 0.875. The van der Waals surface area contributed by atoms with E-state index >= 15 is 0 Å². The predicted octanol–water partition coefficient (Wildman–Crippen LogP) is 3.77. The summed E-state index contributed by atoms with van der Waals surface area (Å²) in [5.74, 6) is -0.268. The Kier molecular flexibility index (Phi) is 9.09. The van der Waals surface area contributed by atoms with Crippen LogP contribution in [-0.2, 0) is 19.1 Å². The number of hydrogen-bond donors (Lipinski definition) is 0. The van der Waals surface area contributed by atoms with Gasteiger partial charge in [-0.3, -0.25) is 9.59 Å². The minimum Gasteiger partial charge on any atom is -0.466 e. The van der Waals surface area contributed by atoms with Crippen LogP contribution in [0.25, 0.3) is 0 Å². The molecular formula is C16H28O4. The Balaban J connectivity index is 1.97. The van der Waals surface area contributed by atoms with Crippen molar-refractivity contribution in [3.63, 3.8) is 0 Å². The Bertz CT molecular complexity index is 282. The van der Waals surface area contributed by atoms with Crippen molar-refractivity contribution >= 4 is 11.9 Å². The third-order valence-electron chi connectivity index (χ3n) is 3.62. The van der Waals surface area contributed by atoms with Gasteiger partial charge in [-0.15, -0.1) is 0 Å². The van der Waals surface area contributed by atoms with E-state index in [0.29, 0.717) is 32.3 Å². The first kappa shape index (κ1) is 17.0. The fourth-order valence-electron chi connectivity index (χ4n) is 2.37.